The average Bonchev–Trinajstić information content (AvgIpc) is 2.44. The molecule has 1 atom stereocenters. The first-order valence-electron chi connectivity index (χ1n) is 8.33. The first-order chi connectivity index (χ1) is 10.9. The first-order valence-corrected chi connectivity index (χ1v) is 8.33. The number of carbonyl (C=O) groups is 1. The van der Waals surface area contributed by atoms with Crippen molar-refractivity contribution < 1.29 is 20.1 Å². The molecule has 1 aromatic rings. The minimum Gasteiger partial charge on any atom is -0.507 e. The summed E-state index contributed by atoms with van der Waals surface area (Å²) in [6, 6.07) is 3.45. The molecule has 1 aromatic carbocycles. The second-order valence-electron chi connectivity index (χ2n) is 8.30. The summed E-state index contributed by atoms with van der Waals surface area (Å²) in [5.74, 6) is -0.0154. The van der Waals surface area contributed by atoms with Gasteiger partial charge in [0.15, 0.2) is 0 Å². The fourth-order valence-corrected chi connectivity index (χ4v) is 2.45. The summed E-state index contributed by atoms with van der Waals surface area (Å²) in [6.07, 6.45) is -0.543. The molecule has 1 rings (SSSR count). The van der Waals surface area contributed by atoms with Crippen LogP contribution in [0.3, 0.4) is 0 Å². The third kappa shape index (κ3) is 5.21. The molecule has 0 saturated heterocycles. The van der Waals surface area contributed by atoms with Crippen molar-refractivity contribution in [3.8, 4) is 5.75 Å². The molecule has 0 saturated carbocycles. The third-order valence-electron chi connectivity index (χ3n) is 3.96. The fourth-order valence-electron chi connectivity index (χ4n) is 2.45. The van der Waals surface area contributed by atoms with Crippen LogP contribution in [-0.4, -0.2) is 40.5 Å². The van der Waals surface area contributed by atoms with Crippen LogP contribution in [0, 0.1) is 0 Å². The van der Waals surface area contributed by atoms with Gasteiger partial charge >= 0.3 is 0 Å². The molecule has 0 aliphatic heterocycles. The van der Waals surface area contributed by atoms with Crippen LogP contribution in [0.2, 0.25) is 0 Å². The van der Waals surface area contributed by atoms with E-state index in [2.05, 4.69) is 5.32 Å². The number of carbonyl (C=O) groups excluding carboxylic acids is 1. The van der Waals surface area contributed by atoms with Crippen molar-refractivity contribution in [1.29, 1.82) is 0 Å². The molecule has 0 bridgehead atoms. The number of aliphatic hydroxyl groups excluding tert-OH is 2. The molecular weight excluding hydrogens is 306 g/mol. The van der Waals surface area contributed by atoms with Crippen molar-refractivity contribution in [3.05, 3.63) is 28.8 Å². The second kappa shape index (κ2) is 7.53. The number of benzene rings is 1. The van der Waals surface area contributed by atoms with Gasteiger partial charge in [-0.2, -0.15) is 0 Å². The van der Waals surface area contributed by atoms with E-state index in [9.17, 15) is 15.0 Å². The Morgan fingerprint density at radius 3 is 1.92 bits per heavy atom. The summed E-state index contributed by atoms with van der Waals surface area (Å²) in [5, 5.41) is 31.6. The van der Waals surface area contributed by atoms with E-state index in [-0.39, 0.29) is 35.6 Å². The monoisotopic (exact) mass is 337 g/mol. The van der Waals surface area contributed by atoms with Crippen molar-refractivity contribution >= 4 is 5.91 Å². The van der Waals surface area contributed by atoms with Crippen molar-refractivity contribution in [2.75, 3.05) is 13.2 Å². The number of hydrogen-bond acceptors (Lipinski definition) is 4. The number of rotatable bonds is 5. The van der Waals surface area contributed by atoms with E-state index >= 15 is 0 Å². The molecule has 0 unspecified atom stereocenters. The molecular formula is C19H31NO4. The number of amides is 1. The van der Waals surface area contributed by atoms with E-state index in [4.69, 9.17) is 5.11 Å². The van der Waals surface area contributed by atoms with Gasteiger partial charge in [0, 0.05) is 23.2 Å². The van der Waals surface area contributed by atoms with Crippen molar-refractivity contribution in [2.24, 2.45) is 0 Å². The quantitative estimate of drug-likeness (QED) is 0.664. The van der Waals surface area contributed by atoms with Crippen LogP contribution < -0.4 is 5.32 Å². The van der Waals surface area contributed by atoms with E-state index in [0.29, 0.717) is 12.0 Å². The highest BCUT2D eigenvalue weighted by Crippen LogP contribution is 2.39. The summed E-state index contributed by atoms with van der Waals surface area (Å²) < 4.78 is 0. The van der Waals surface area contributed by atoms with Crippen LogP contribution in [0.5, 0.6) is 5.75 Å². The second-order valence-corrected chi connectivity index (χ2v) is 8.30. The zero-order valence-corrected chi connectivity index (χ0v) is 15.6. The Hall–Kier alpha value is -1.59. The maximum atomic E-state index is 12.4. The molecule has 24 heavy (non-hydrogen) atoms. The van der Waals surface area contributed by atoms with Crippen LogP contribution in [0.15, 0.2) is 12.1 Å². The summed E-state index contributed by atoms with van der Waals surface area (Å²) in [7, 11) is 0. The third-order valence-corrected chi connectivity index (χ3v) is 3.96. The van der Waals surface area contributed by atoms with Crippen molar-refractivity contribution in [2.45, 2.75) is 64.9 Å². The van der Waals surface area contributed by atoms with Gasteiger partial charge in [0.2, 0.25) is 0 Å². The molecule has 0 fully saturated rings. The molecule has 5 nitrogen and oxygen atoms in total. The zero-order valence-electron chi connectivity index (χ0n) is 15.6. The lowest BCUT2D eigenvalue weighted by Crippen LogP contribution is -2.29. The molecule has 5 heteroatoms. The Morgan fingerprint density at radius 1 is 1.08 bits per heavy atom. The van der Waals surface area contributed by atoms with Crippen LogP contribution in [0.25, 0.3) is 0 Å². The fraction of sp³-hybridized carbons (Fsp3) is 0.632. The maximum absolute atomic E-state index is 12.4. The van der Waals surface area contributed by atoms with E-state index in [0.717, 1.165) is 11.1 Å². The van der Waals surface area contributed by atoms with Gasteiger partial charge < -0.3 is 20.6 Å². The van der Waals surface area contributed by atoms with Crippen LogP contribution in [-0.2, 0) is 10.8 Å². The first kappa shape index (κ1) is 20.5. The SMILES string of the molecule is CC(C)(C)c1cc(C(=O)NCC[C@H](O)CO)cc(C(C)(C)C)c1O. The van der Waals surface area contributed by atoms with Gasteiger partial charge in [0.05, 0.1) is 12.7 Å². The summed E-state index contributed by atoms with van der Waals surface area (Å²) in [4.78, 5) is 12.4. The zero-order chi connectivity index (χ0) is 18.7. The summed E-state index contributed by atoms with van der Waals surface area (Å²) in [6.45, 7) is 11.9. The Labute approximate surface area is 144 Å². The molecule has 0 radical (unpaired) electrons. The predicted octanol–water partition coefficient (Wildman–Crippen LogP) is 2.46. The van der Waals surface area contributed by atoms with Gasteiger partial charge in [0.25, 0.3) is 5.91 Å². The number of aromatic hydroxyl groups is 1. The van der Waals surface area contributed by atoms with E-state index in [1.54, 1.807) is 12.1 Å². The molecule has 0 aliphatic rings. The lowest BCUT2D eigenvalue weighted by atomic mass is 9.78. The van der Waals surface area contributed by atoms with Gasteiger partial charge in [-0.1, -0.05) is 41.5 Å². The lowest BCUT2D eigenvalue weighted by molar-refractivity contribution is 0.0834. The van der Waals surface area contributed by atoms with E-state index in [1.807, 2.05) is 41.5 Å². The molecule has 0 spiro atoms. The average molecular weight is 337 g/mol. The molecule has 136 valence electrons. The van der Waals surface area contributed by atoms with Gasteiger partial charge in [-0.05, 0) is 29.4 Å². The van der Waals surface area contributed by atoms with Crippen LogP contribution in [0.1, 0.15) is 69.4 Å². The molecule has 1 amide bonds. The highest BCUT2D eigenvalue weighted by Gasteiger charge is 2.27. The smallest absolute Gasteiger partial charge is 0.251 e. The lowest BCUT2D eigenvalue weighted by Gasteiger charge is -2.28. The van der Waals surface area contributed by atoms with Crippen LogP contribution >= 0.6 is 0 Å². The minimum atomic E-state index is -0.833. The summed E-state index contributed by atoms with van der Waals surface area (Å²) in [5.41, 5.74) is 1.35. The van der Waals surface area contributed by atoms with Gasteiger partial charge in [0.1, 0.15) is 5.75 Å². The Bertz CT molecular complexity index is 547. The number of phenolic OH excluding ortho intramolecular Hbond substituents is 1. The Kier molecular flexibility index (Phi) is 6.42. The highest BCUT2D eigenvalue weighted by atomic mass is 16.3. The van der Waals surface area contributed by atoms with Crippen LogP contribution in [0.4, 0.5) is 0 Å². The van der Waals surface area contributed by atoms with E-state index in [1.165, 1.54) is 0 Å². The Balaban J connectivity index is 3.17. The number of phenols is 1. The largest absolute Gasteiger partial charge is 0.507 e. The Morgan fingerprint density at radius 2 is 1.54 bits per heavy atom. The number of aliphatic hydroxyl groups is 2. The standard InChI is InChI=1S/C19H31NO4/c1-18(2,3)14-9-12(10-15(16(14)23)19(4,5)6)17(24)20-8-7-13(22)11-21/h9-10,13,21-23H,7-8,11H2,1-6H3,(H,20,24)/t13-/m0/s1. The minimum absolute atomic E-state index is 0.238. The topological polar surface area (TPSA) is 89.8 Å². The molecule has 0 heterocycles. The number of hydrogen-bond donors (Lipinski definition) is 4. The van der Waals surface area contributed by atoms with Gasteiger partial charge in [-0.15, -0.1) is 0 Å². The normalized spacial score (nSPS) is 13.7. The van der Waals surface area contributed by atoms with E-state index < -0.39 is 6.10 Å². The molecule has 0 aliphatic carbocycles. The van der Waals surface area contributed by atoms with Gasteiger partial charge in [-0.25, -0.2) is 0 Å². The van der Waals surface area contributed by atoms with Crippen molar-refractivity contribution in [3.63, 3.8) is 0 Å². The predicted molar refractivity (Wildman–Crippen MR) is 95.5 cm³/mol. The molecule has 4 N–H and O–H groups in total. The summed E-state index contributed by atoms with van der Waals surface area (Å²) >= 11 is 0. The van der Waals surface area contributed by atoms with Gasteiger partial charge in [-0.3, -0.25) is 4.79 Å². The molecule has 0 aromatic heterocycles. The highest BCUT2D eigenvalue weighted by molar-refractivity contribution is 5.95. The number of nitrogens with one attached hydrogen (secondary N) is 1. The maximum Gasteiger partial charge on any atom is 0.251 e. The van der Waals surface area contributed by atoms with Crippen molar-refractivity contribution in [1.82, 2.24) is 5.32 Å².